The molecule has 0 N–H and O–H groups in total. The molecule has 0 heterocycles. The average molecular weight is 599 g/mol. The lowest BCUT2D eigenvalue weighted by molar-refractivity contribution is 0.976. The van der Waals surface area contributed by atoms with Crippen molar-refractivity contribution in [3.63, 3.8) is 0 Å². The minimum Gasteiger partial charge on any atom is -0.143 e. The Labute approximate surface area is 261 Å². The summed E-state index contributed by atoms with van der Waals surface area (Å²) >= 11 is 0. The Bertz CT molecular complexity index is 1550. The van der Waals surface area contributed by atoms with E-state index in [1.807, 2.05) is 13.8 Å². The molecule has 43 heavy (non-hydrogen) atoms. The predicted octanol–water partition coefficient (Wildman–Crippen LogP) is 12.1. The van der Waals surface area contributed by atoms with Gasteiger partial charge in [-0.05, 0) is 89.4 Å². The van der Waals surface area contributed by atoms with E-state index >= 15 is 0 Å². The van der Waals surface area contributed by atoms with Gasteiger partial charge in [-0.15, -0.1) is 18.1 Å². The maximum Gasteiger partial charge on any atom is 0.00649 e. The van der Waals surface area contributed by atoms with Crippen LogP contribution in [-0.4, -0.2) is 5.75 Å². The number of allylic oxidation sites excluding steroid dienone is 3. The third kappa shape index (κ3) is 5.44. The van der Waals surface area contributed by atoms with Gasteiger partial charge in [0.2, 0.25) is 0 Å². The molecule has 5 aromatic carbocycles. The number of hydrogen-bond donors (Lipinski definition) is 0. The summed E-state index contributed by atoms with van der Waals surface area (Å²) < 4.78 is 0. The van der Waals surface area contributed by atoms with E-state index < -0.39 is 18.1 Å². The molecule has 0 nitrogen and oxygen atoms in total. The Morgan fingerprint density at radius 1 is 0.512 bits per heavy atom. The first kappa shape index (κ1) is 29.4. The van der Waals surface area contributed by atoms with Crippen LogP contribution in [0, 0.1) is 11.8 Å². The number of hydrogen-bond acceptors (Lipinski definition) is 0. The fraction of sp³-hybridized carbons (Fsp3) is 0.171. The number of benzene rings is 5. The van der Waals surface area contributed by atoms with Gasteiger partial charge in [0.1, 0.15) is 0 Å². The van der Waals surface area contributed by atoms with Crippen LogP contribution in [-0.2, 0) is 6.42 Å². The van der Waals surface area contributed by atoms with E-state index in [4.69, 9.17) is 0 Å². The molecule has 0 aromatic heterocycles. The van der Waals surface area contributed by atoms with E-state index in [2.05, 4.69) is 170 Å². The molecule has 2 aliphatic rings. The Kier molecular flexibility index (Phi) is 9.07. The first-order valence-electron chi connectivity index (χ1n) is 15.6. The largest absolute Gasteiger partial charge is 0.143 e. The zero-order chi connectivity index (χ0) is 29.5. The topological polar surface area (TPSA) is 0 Å². The summed E-state index contributed by atoms with van der Waals surface area (Å²) in [4.78, 5) is 7.37. The summed E-state index contributed by atoms with van der Waals surface area (Å²) in [6.45, 7) is 4.00. The van der Waals surface area contributed by atoms with Crippen molar-refractivity contribution in [1.82, 2.24) is 0 Å². The summed E-state index contributed by atoms with van der Waals surface area (Å²) in [5, 5.41) is 0. The molecule has 2 heteroatoms. The van der Waals surface area contributed by atoms with Crippen molar-refractivity contribution < 1.29 is 0 Å². The first-order chi connectivity index (χ1) is 21.3. The van der Waals surface area contributed by atoms with Gasteiger partial charge in [-0.3, -0.25) is 0 Å². The van der Waals surface area contributed by atoms with Crippen LogP contribution < -0.4 is 0 Å². The standard InChI is InChI=1S/C39H36S2.C2H6/c1-6-16-32(17-7-1)28-29-40(35-18-8-2-9-19-35,39-27-26-33-30-34(33)31-39)41(36-20-10-3-11-21-36,37-22-12-4-13-23-37)38-24-14-5-15-25-38;1-2/h1-27,31,33-34H,28-30H2;1-2H3. The molecule has 2 aliphatic carbocycles. The molecule has 5 aromatic rings. The van der Waals surface area contributed by atoms with Crippen LogP contribution in [0.4, 0.5) is 0 Å². The third-order valence-corrected chi connectivity index (χ3v) is 20.9. The monoisotopic (exact) mass is 598 g/mol. The summed E-state index contributed by atoms with van der Waals surface area (Å²) in [6.07, 6.45) is 10.1. The van der Waals surface area contributed by atoms with Crippen LogP contribution >= 0.6 is 18.1 Å². The van der Waals surface area contributed by atoms with Crippen molar-refractivity contribution >= 4 is 18.1 Å². The Balaban J connectivity index is 0.00000161. The van der Waals surface area contributed by atoms with Gasteiger partial charge in [0.05, 0.1) is 0 Å². The molecule has 0 radical (unpaired) electrons. The Morgan fingerprint density at radius 3 is 1.37 bits per heavy atom. The van der Waals surface area contributed by atoms with Crippen LogP contribution in [0.15, 0.2) is 194 Å². The van der Waals surface area contributed by atoms with Crippen LogP contribution in [0.5, 0.6) is 0 Å². The first-order valence-corrected chi connectivity index (χ1v) is 19.6. The SMILES string of the molecule is C1=CC2CC2C=C1S(CCc1ccccc1)(c1ccccc1)S(c1ccccc1)(c1ccccc1)c1ccccc1.CC. The van der Waals surface area contributed by atoms with E-state index in [9.17, 15) is 0 Å². The highest BCUT2D eigenvalue weighted by Crippen LogP contribution is 2.97. The van der Waals surface area contributed by atoms with Gasteiger partial charge in [-0.2, -0.15) is 0 Å². The zero-order valence-corrected chi connectivity index (χ0v) is 26.9. The smallest absolute Gasteiger partial charge is 0.00649 e. The molecule has 218 valence electrons. The van der Waals surface area contributed by atoms with Crippen LogP contribution in [0.2, 0.25) is 0 Å². The van der Waals surface area contributed by atoms with Crippen LogP contribution in [0.1, 0.15) is 25.8 Å². The Morgan fingerprint density at radius 2 is 0.930 bits per heavy atom. The average Bonchev–Trinajstić information content (AvgIpc) is 3.89. The van der Waals surface area contributed by atoms with Gasteiger partial charge in [-0.25, -0.2) is 0 Å². The third-order valence-electron chi connectivity index (χ3n) is 8.46. The minimum absolute atomic E-state index is 0.668. The number of aryl methyl sites for hydroxylation is 1. The molecule has 1 fully saturated rings. The lowest BCUT2D eigenvalue weighted by Gasteiger charge is -2.61. The summed E-state index contributed by atoms with van der Waals surface area (Å²) in [5.74, 6) is 2.47. The van der Waals surface area contributed by atoms with Crippen LogP contribution in [0.25, 0.3) is 0 Å². The molecule has 0 aliphatic heterocycles. The maximum atomic E-state index is 2.69. The summed E-state index contributed by atoms with van der Waals surface area (Å²) in [5.41, 5.74) is 1.41. The van der Waals surface area contributed by atoms with Crippen molar-refractivity contribution in [2.45, 2.75) is 46.3 Å². The van der Waals surface area contributed by atoms with Gasteiger partial charge in [0.15, 0.2) is 0 Å². The quantitative estimate of drug-likeness (QED) is 0.148. The second-order valence-corrected chi connectivity index (χ2v) is 19.4. The van der Waals surface area contributed by atoms with Gasteiger partial charge < -0.3 is 0 Å². The number of rotatable bonds is 9. The van der Waals surface area contributed by atoms with Crippen molar-refractivity contribution in [2.75, 3.05) is 5.75 Å². The molecule has 0 saturated heterocycles. The molecule has 3 atom stereocenters. The molecule has 0 spiro atoms. The molecule has 0 amide bonds. The second-order valence-electron chi connectivity index (χ2n) is 10.9. The second kappa shape index (κ2) is 13.3. The van der Waals surface area contributed by atoms with Crippen molar-refractivity contribution in [3.05, 3.63) is 180 Å². The fourth-order valence-electron chi connectivity index (χ4n) is 6.42. The lowest BCUT2D eigenvalue weighted by atomic mass is 10.2. The highest BCUT2D eigenvalue weighted by Gasteiger charge is 2.51. The molecule has 3 unspecified atom stereocenters. The van der Waals surface area contributed by atoms with Crippen molar-refractivity contribution in [2.24, 2.45) is 11.8 Å². The minimum atomic E-state index is -1.80. The number of fused-ring (bicyclic) bond motifs is 1. The van der Waals surface area contributed by atoms with E-state index in [-0.39, 0.29) is 0 Å². The van der Waals surface area contributed by atoms with Crippen molar-refractivity contribution in [1.29, 1.82) is 0 Å². The van der Waals surface area contributed by atoms with E-state index in [1.165, 1.54) is 31.6 Å². The highest BCUT2D eigenvalue weighted by molar-refractivity contribution is 9.09. The van der Waals surface area contributed by atoms with Gasteiger partial charge in [0, 0.05) is 19.6 Å². The summed E-state index contributed by atoms with van der Waals surface area (Å²) in [6, 6.07) is 57.2. The summed E-state index contributed by atoms with van der Waals surface area (Å²) in [7, 11) is -3.48. The van der Waals surface area contributed by atoms with E-state index in [1.54, 1.807) is 4.91 Å². The van der Waals surface area contributed by atoms with Gasteiger partial charge in [0.25, 0.3) is 0 Å². The molecule has 7 rings (SSSR count). The van der Waals surface area contributed by atoms with Gasteiger partial charge in [-0.1, -0.05) is 135 Å². The van der Waals surface area contributed by atoms with Crippen LogP contribution in [0.3, 0.4) is 0 Å². The molecular formula is C41H42S2. The highest BCUT2D eigenvalue weighted by atomic mass is 33.2. The van der Waals surface area contributed by atoms with E-state index in [0.29, 0.717) is 5.92 Å². The maximum absolute atomic E-state index is 2.69. The fourth-order valence-corrected chi connectivity index (χ4v) is 20.6. The normalized spacial score (nSPS) is 19.4. The molecular weight excluding hydrogens is 557 g/mol. The van der Waals surface area contributed by atoms with Gasteiger partial charge >= 0.3 is 0 Å². The molecule has 1 saturated carbocycles. The lowest BCUT2D eigenvalue weighted by Crippen LogP contribution is -2.20. The predicted molar refractivity (Wildman–Crippen MR) is 189 cm³/mol. The molecule has 0 bridgehead atoms. The Hall–Kier alpha value is -3.72. The van der Waals surface area contributed by atoms with Crippen molar-refractivity contribution in [3.8, 4) is 0 Å². The van der Waals surface area contributed by atoms with E-state index in [0.717, 1.165) is 18.1 Å². The zero-order valence-electron chi connectivity index (χ0n) is 25.3.